The van der Waals surface area contributed by atoms with Gasteiger partial charge in [-0.2, -0.15) is 0 Å². The summed E-state index contributed by atoms with van der Waals surface area (Å²) in [4.78, 5) is 12.1. The van der Waals surface area contributed by atoms with Crippen LogP contribution in [0, 0.1) is 0 Å². The highest BCUT2D eigenvalue weighted by Crippen LogP contribution is 2.39. The monoisotopic (exact) mass is 295 g/mol. The summed E-state index contributed by atoms with van der Waals surface area (Å²) < 4.78 is 7.27. The highest BCUT2D eigenvalue weighted by atomic mass is 16.6. The van der Waals surface area contributed by atoms with Gasteiger partial charge in [0.05, 0.1) is 12.9 Å². The Balaban J connectivity index is 2.17. The summed E-state index contributed by atoms with van der Waals surface area (Å²) in [5.41, 5.74) is 5.28. The summed E-state index contributed by atoms with van der Waals surface area (Å²) in [6.45, 7) is 1.40. The van der Waals surface area contributed by atoms with Gasteiger partial charge in [-0.05, 0) is 6.42 Å². The van der Waals surface area contributed by atoms with Gasteiger partial charge >= 0.3 is 0 Å². The molecule has 0 radical (unpaired) electrons. The Labute approximate surface area is 120 Å². The maximum atomic E-state index is 10.4. The molecule has 2 aromatic heterocycles. The number of hydrogen-bond acceptors (Lipinski definition) is 8. The molecule has 0 unspecified atom stereocenters. The third-order valence-corrected chi connectivity index (χ3v) is 3.98. The molecule has 9 nitrogen and oxygen atoms in total. The van der Waals surface area contributed by atoms with Gasteiger partial charge in [0.2, 0.25) is 0 Å². The molecule has 0 spiro atoms. The van der Waals surface area contributed by atoms with E-state index in [0.29, 0.717) is 17.6 Å². The van der Waals surface area contributed by atoms with Gasteiger partial charge in [-0.1, -0.05) is 6.92 Å². The molecular weight excluding hydrogens is 278 g/mol. The third-order valence-electron chi connectivity index (χ3n) is 3.98. The van der Waals surface area contributed by atoms with Crippen LogP contribution in [0.15, 0.2) is 12.7 Å². The second-order valence-corrected chi connectivity index (χ2v) is 5.02. The van der Waals surface area contributed by atoms with E-state index in [1.165, 1.54) is 17.2 Å². The van der Waals surface area contributed by atoms with Gasteiger partial charge in [0.25, 0.3) is 0 Å². The largest absolute Gasteiger partial charge is 0.394 e. The van der Waals surface area contributed by atoms with E-state index in [2.05, 4.69) is 15.0 Å². The van der Waals surface area contributed by atoms with E-state index in [4.69, 9.17) is 10.5 Å². The average Bonchev–Trinajstić information content (AvgIpc) is 3.03. The zero-order chi connectivity index (χ0) is 15.2. The first-order valence-electron chi connectivity index (χ1n) is 6.64. The van der Waals surface area contributed by atoms with Crippen LogP contribution in [0.25, 0.3) is 11.2 Å². The number of aliphatic hydroxyl groups excluding tert-OH is 3. The predicted octanol–water partition coefficient (Wildman–Crippen LogP) is -1.42. The zero-order valence-electron chi connectivity index (χ0n) is 11.4. The molecule has 0 amide bonds. The molecule has 3 rings (SSSR count). The van der Waals surface area contributed by atoms with Crippen LogP contribution in [0.5, 0.6) is 0 Å². The number of imidazole rings is 1. The molecule has 0 aliphatic carbocycles. The fraction of sp³-hybridized carbons (Fsp3) is 0.583. The minimum absolute atomic E-state index is 0.219. The fourth-order valence-corrected chi connectivity index (χ4v) is 2.81. The number of aromatic nitrogens is 4. The van der Waals surface area contributed by atoms with E-state index in [1.807, 2.05) is 0 Å². The van der Waals surface area contributed by atoms with E-state index in [1.54, 1.807) is 6.92 Å². The lowest BCUT2D eigenvalue weighted by molar-refractivity contribution is -0.147. The molecule has 2 aromatic rings. The first-order chi connectivity index (χ1) is 10.0. The van der Waals surface area contributed by atoms with Gasteiger partial charge in [0.1, 0.15) is 30.2 Å². The molecule has 0 saturated carbocycles. The van der Waals surface area contributed by atoms with Gasteiger partial charge in [0, 0.05) is 0 Å². The standard InChI is InChI=1S/C12H17N5O4/c1-2-12(9(20)8(19)6(3-18)21-12)17-5-16-7-10(13)14-4-15-11(7)17/h4-6,8-9,18-20H,2-3H2,1H3,(H2,13,14,15)/t6-,8-,9-,12-/m1/s1. The minimum atomic E-state index is -1.26. The van der Waals surface area contributed by atoms with E-state index in [-0.39, 0.29) is 5.82 Å². The molecule has 21 heavy (non-hydrogen) atoms. The van der Waals surface area contributed by atoms with Crippen LogP contribution >= 0.6 is 0 Å². The highest BCUT2D eigenvalue weighted by molar-refractivity contribution is 5.81. The van der Waals surface area contributed by atoms with Gasteiger partial charge in [-0.3, -0.25) is 4.57 Å². The smallest absolute Gasteiger partial charge is 0.176 e. The number of nitrogens with two attached hydrogens (primary N) is 1. The van der Waals surface area contributed by atoms with Crippen LogP contribution in [0.3, 0.4) is 0 Å². The van der Waals surface area contributed by atoms with E-state index < -0.39 is 30.6 Å². The Kier molecular flexibility index (Phi) is 3.29. The van der Waals surface area contributed by atoms with Crippen molar-refractivity contribution in [1.82, 2.24) is 19.5 Å². The minimum Gasteiger partial charge on any atom is -0.394 e. The summed E-state index contributed by atoms with van der Waals surface area (Å²) in [5, 5.41) is 29.7. The lowest BCUT2D eigenvalue weighted by atomic mass is 10.00. The van der Waals surface area contributed by atoms with Gasteiger partial charge in [-0.25, -0.2) is 15.0 Å². The number of fused-ring (bicyclic) bond motifs is 1. The van der Waals surface area contributed by atoms with E-state index in [0.717, 1.165) is 0 Å². The summed E-state index contributed by atoms with van der Waals surface area (Å²) in [7, 11) is 0. The number of hydrogen-bond donors (Lipinski definition) is 4. The molecule has 1 fully saturated rings. The topological polar surface area (TPSA) is 140 Å². The maximum absolute atomic E-state index is 10.4. The van der Waals surface area contributed by atoms with Crippen molar-refractivity contribution in [1.29, 1.82) is 0 Å². The van der Waals surface area contributed by atoms with Crippen LogP contribution in [0.2, 0.25) is 0 Å². The van der Waals surface area contributed by atoms with Crippen LogP contribution in [0.4, 0.5) is 5.82 Å². The molecule has 9 heteroatoms. The van der Waals surface area contributed by atoms with Crippen molar-refractivity contribution in [3.63, 3.8) is 0 Å². The molecule has 4 atom stereocenters. The van der Waals surface area contributed by atoms with Crippen molar-refractivity contribution in [3.05, 3.63) is 12.7 Å². The van der Waals surface area contributed by atoms with Crippen LogP contribution in [-0.2, 0) is 10.5 Å². The van der Waals surface area contributed by atoms with Crippen LogP contribution in [-0.4, -0.2) is 59.8 Å². The summed E-state index contributed by atoms with van der Waals surface area (Å²) in [6.07, 6.45) is -0.233. The number of ether oxygens (including phenoxy) is 1. The van der Waals surface area contributed by atoms with Crippen molar-refractivity contribution >= 4 is 17.0 Å². The van der Waals surface area contributed by atoms with Crippen LogP contribution in [0.1, 0.15) is 13.3 Å². The molecule has 1 aliphatic rings. The van der Waals surface area contributed by atoms with Gasteiger partial charge in [-0.15, -0.1) is 0 Å². The molecule has 0 aromatic carbocycles. The lowest BCUT2D eigenvalue weighted by Crippen LogP contribution is -2.45. The summed E-state index contributed by atoms with van der Waals surface area (Å²) >= 11 is 0. The molecule has 3 heterocycles. The Morgan fingerprint density at radius 2 is 2.14 bits per heavy atom. The molecule has 1 aliphatic heterocycles. The Hall–Kier alpha value is -1.81. The average molecular weight is 295 g/mol. The normalized spacial score (nSPS) is 32.9. The second-order valence-electron chi connectivity index (χ2n) is 5.02. The van der Waals surface area contributed by atoms with E-state index in [9.17, 15) is 15.3 Å². The molecule has 114 valence electrons. The second kappa shape index (κ2) is 4.88. The molecule has 1 saturated heterocycles. The summed E-state index contributed by atoms with van der Waals surface area (Å²) in [5.74, 6) is 0.219. The predicted molar refractivity (Wildman–Crippen MR) is 72.0 cm³/mol. The Morgan fingerprint density at radius 1 is 1.38 bits per heavy atom. The first-order valence-corrected chi connectivity index (χ1v) is 6.64. The first kappa shape index (κ1) is 14.1. The van der Waals surface area contributed by atoms with Crippen molar-refractivity contribution in [3.8, 4) is 0 Å². The molecule has 0 bridgehead atoms. The number of aliphatic hydroxyl groups is 3. The number of nitrogens with zero attached hydrogens (tertiary/aromatic N) is 4. The van der Waals surface area contributed by atoms with Crippen LogP contribution < -0.4 is 5.73 Å². The third kappa shape index (κ3) is 1.82. The highest BCUT2D eigenvalue weighted by Gasteiger charge is 2.54. The summed E-state index contributed by atoms with van der Waals surface area (Å²) in [6, 6.07) is 0. The van der Waals surface area contributed by atoms with Gasteiger partial charge < -0.3 is 25.8 Å². The quantitative estimate of drug-likeness (QED) is 0.541. The molecular formula is C12H17N5O4. The van der Waals surface area contributed by atoms with E-state index >= 15 is 0 Å². The fourth-order valence-electron chi connectivity index (χ4n) is 2.81. The molecule has 5 N–H and O–H groups in total. The van der Waals surface area contributed by atoms with Gasteiger partial charge in [0.15, 0.2) is 17.2 Å². The van der Waals surface area contributed by atoms with Crippen molar-refractivity contribution < 1.29 is 20.1 Å². The number of nitrogen functional groups attached to an aromatic ring is 1. The van der Waals surface area contributed by atoms with Crippen molar-refractivity contribution in [2.24, 2.45) is 0 Å². The van der Waals surface area contributed by atoms with Crippen molar-refractivity contribution in [2.75, 3.05) is 12.3 Å². The lowest BCUT2D eigenvalue weighted by Gasteiger charge is -2.32. The maximum Gasteiger partial charge on any atom is 0.176 e. The Morgan fingerprint density at radius 3 is 2.76 bits per heavy atom. The number of rotatable bonds is 3. The SMILES string of the molecule is CC[C@@]1(n2cnc3c(N)ncnc32)O[C@H](CO)[C@@H](O)[C@H]1O. The number of anilines is 1. The Bertz CT molecular complexity index is 662. The zero-order valence-corrected chi connectivity index (χ0v) is 11.4. The van der Waals surface area contributed by atoms with Crippen molar-refractivity contribution in [2.45, 2.75) is 37.4 Å².